The van der Waals surface area contributed by atoms with E-state index in [0.717, 1.165) is 4.90 Å². The topological polar surface area (TPSA) is 248 Å². The van der Waals surface area contributed by atoms with Gasteiger partial charge in [0.2, 0.25) is 23.6 Å². The Morgan fingerprint density at radius 3 is 2.03 bits per heavy atom. The summed E-state index contributed by atoms with van der Waals surface area (Å²) < 4.78 is 0. The van der Waals surface area contributed by atoms with Crippen LogP contribution in [0.15, 0.2) is 12.5 Å². The zero-order chi connectivity index (χ0) is 28.7. The monoisotopic (exact) mass is 551 g/mol. The number of carbonyl (C=O) groups excluding carboxylic acids is 4. The summed E-state index contributed by atoms with van der Waals surface area (Å²) in [5, 5.41) is 33.0. The van der Waals surface area contributed by atoms with Crippen molar-refractivity contribution in [2.24, 2.45) is 5.73 Å². The van der Waals surface area contributed by atoms with E-state index in [-0.39, 0.29) is 32.4 Å². The predicted octanol–water partition coefficient (Wildman–Crippen LogP) is -3.22. The third-order valence-corrected chi connectivity index (χ3v) is 6.78. The Labute approximate surface area is 222 Å². The van der Waals surface area contributed by atoms with E-state index in [9.17, 15) is 44.1 Å². The molecule has 5 atom stereocenters. The number of H-pyrrole nitrogens is 1. The highest BCUT2D eigenvalue weighted by Crippen LogP contribution is 2.22. The normalized spacial score (nSPS) is 21.2. The molecular weight excluding hydrogens is 518 g/mol. The lowest BCUT2D eigenvalue weighted by molar-refractivity contribution is -0.148. The van der Waals surface area contributed by atoms with Crippen LogP contribution < -0.4 is 16.4 Å². The molecule has 0 spiro atoms. The van der Waals surface area contributed by atoms with Crippen LogP contribution in [-0.2, 0) is 35.2 Å². The number of aliphatic hydroxyl groups is 1. The Hall–Kier alpha value is -4.05. The van der Waals surface area contributed by atoms with Crippen LogP contribution in [0.3, 0.4) is 0 Å². The van der Waals surface area contributed by atoms with Crippen LogP contribution in [0.4, 0.5) is 0 Å². The van der Waals surface area contributed by atoms with Crippen molar-refractivity contribution in [3.05, 3.63) is 18.2 Å². The van der Waals surface area contributed by atoms with Gasteiger partial charge in [0.05, 0.1) is 19.4 Å². The molecule has 1 aromatic rings. The van der Waals surface area contributed by atoms with Gasteiger partial charge in [-0.3, -0.25) is 24.0 Å². The molecule has 1 aromatic heterocycles. The molecule has 2 fully saturated rings. The van der Waals surface area contributed by atoms with Crippen LogP contribution >= 0.6 is 0 Å². The number of hydrogen-bond donors (Lipinski definition) is 7. The summed E-state index contributed by atoms with van der Waals surface area (Å²) in [6, 6.07) is -6.13. The van der Waals surface area contributed by atoms with E-state index in [2.05, 4.69) is 20.6 Å². The van der Waals surface area contributed by atoms with E-state index >= 15 is 0 Å². The molecule has 39 heavy (non-hydrogen) atoms. The molecule has 214 valence electrons. The van der Waals surface area contributed by atoms with E-state index in [0.29, 0.717) is 18.5 Å². The van der Waals surface area contributed by atoms with Crippen LogP contribution in [-0.4, -0.2) is 121 Å². The number of hydrogen-bond acceptors (Lipinski definition) is 9. The number of carbonyl (C=O) groups is 6. The summed E-state index contributed by atoms with van der Waals surface area (Å²) in [5.74, 6) is -5.60. The van der Waals surface area contributed by atoms with E-state index < -0.39 is 78.8 Å². The summed E-state index contributed by atoms with van der Waals surface area (Å²) in [7, 11) is 0. The highest BCUT2D eigenvalue weighted by molar-refractivity contribution is 5.97. The summed E-state index contributed by atoms with van der Waals surface area (Å²) in [6.45, 7) is -0.312. The first kappa shape index (κ1) is 29.5. The maximum absolute atomic E-state index is 13.4. The van der Waals surface area contributed by atoms with Gasteiger partial charge in [0.1, 0.15) is 30.2 Å². The number of imidazole rings is 1. The van der Waals surface area contributed by atoms with Crippen molar-refractivity contribution in [1.82, 2.24) is 30.4 Å². The lowest BCUT2D eigenvalue weighted by Gasteiger charge is -2.31. The van der Waals surface area contributed by atoms with Gasteiger partial charge in [-0.2, -0.15) is 0 Å². The molecule has 2 saturated heterocycles. The number of nitrogens with one attached hydrogen (secondary N) is 3. The number of aliphatic hydroxyl groups excluding tert-OH is 1. The smallest absolute Gasteiger partial charge is 0.326 e. The average Bonchev–Trinajstić information content (AvgIpc) is 3.67. The second-order valence-corrected chi connectivity index (χ2v) is 9.51. The first-order valence-corrected chi connectivity index (χ1v) is 12.5. The van der Waals surface area contributed by atoms with Gasteiger partial charge in [-0.05, 0) is 25.7 Å². The second-order valence-electron chi connectivity index (χ2n) is 9.51. The Morgan fingerprint density at radius 1 is 0.974 bits per heavy atom. The Kier molecular flexibility index (Phi) is 9.95. The Morgan fingerprint density at radius 2 is 1.54 bits per heavy atom. The van der Waals surface area contributed by atoms with Gasteiger partial charge < -0.3 is 46.5 Å². The van der Waals surface area contributed by atoms with Crippen molar-refractivity contribution in [3.63, 3.8) is 0 Å². The molecule has 3 heterocycles. The van der Waals surface area contributed by atoms with Gasteiger partial charge in [-0.1, -0.05) is 0 Å². The number of nitrogens with zero attached hydrogens (tertiary/aromatic N) is 3. The second kappa shape index (κ2) is 13.1. The number of aromatic amines is 1. The van der Waals surface area contributed by atoms with Gasteiger partial charge >= 0.3 is 11.9 Å². The number of likely N-dealkylation sites (tertiary alicyclic amines) is 2. The van der Waals surface area contributed by atoms with E-state index in [4.69, 9.17) is 5.73 Å². The van der Waals surface area contributed by atoms with Crippen LogP contribution in [0, 0.1) is 0 Å². The molecule has 2 aliphatic heterocycles. The molecule has 8 N–H and O–H groups in total. The lowest BCUT2D eigenvalue weighted by Crippen LogP contribution is -2.58. The van der Waals surface area contributed by atoms with Crippen molar-refractivity contribution < 1.29 is 44.1 Å². The van der Waals surface area contributed by atoms with Crippen molar-refractivity contribution >= 4 is 35.6 Å². The molecule has 3 rings (SSSR count). The van der Waals surface area contributed by atoms with Crippen LogP contribution in [0.1, 0.15) is 37.8 Å². The van der Waals surface area contributed by atoms with Crippen LogP contribution in [0.25, 0.3) is 0 Å². The fourth-order valence-electron chi connectivity index (χ4n) is 4.82. The number of carboxylic acids is 2. The number of rotatable bonds is 12. The minimum absolute atomic E-state index is 0.0734. The minimum Gasteiger partial charge on any atom is -0.481 e. The average molecular weight is 552 g/mol. The summed E-state index contributed by atoms with van der Waals surface area (Å²) in [6.07, 6.45) is 3.28. The molecule has 16 nitrogen and oxygen atoms in total. The molecule has 0 radical (unpaired) electrons. The highest BCUT2D eigenvalue weighted by atomic mass is 16.4. The molecule has 0 aromatic carbocycles. The molecule has 0 aliphatic carbocycles. The van der Waals surface area contributed by atoms with Crippen LogP contribution in [0.2, 0.25) is 0 Å². The standard InChI is InChI=1S/C23H33N7O9/c24-13(10-31)21(36)29-5-1-3-16(29)19(34)27-14(8-18(32)33)22(37)30-6-2-4-17(30)20(35)28-15(23(38)39)7-12-9-25-11-26-12/h9,11,13-17,31H,1-8,10,24H2,(H,25,26)(H,27,34)(H,28,35)(H,32,33)(H,38,39)/t13-,14-,15-,16-,17-/m0/s1. The molecule has 16 heteroatoms. The quantitative estimate of drug-likeness (QED) is 0.136. The number of aliphatic carboxylic acids is 2. The van der Waals surface area contributed by atoms with Crippen molar-refractivity contribution in [1.29, 1.82) is 0 Å². The predicted molar refractivity (Wildman–Crippen MR) is 131 cm³/mol. The third-order valence-electron chi connectivity index (χ3n) is 6.78. The summed E-state index contributed by atoms with van der Waals surface area (Å²) in [4.78, 5) is 84.1. The Balaban J connectivity index is 1.71. The van der Waals surface area contributed by atoms with E-state index in [1.807, 2.05) is 0 Å². The van der Waals surface area contributed by atoms with Crippen molar-refractivity contribution in [3.8, 4) is 0 Å². The number of nitrogens with two attached hydrogens (primary N) is 1. The van der Waals surface area contributed by atoms with Crippen LogP contribution in [0.5, 0.6) is 0 Å². The Bertz CT molecular complexity index is 1080. The molecule has 2 aliphatic rings. The number of amides is 4. The largest absolute Gasteiger partial charge is 0.481 e. The third kappa shape index (κ3) is 7.29. The van der Waals surface area contributed by atoms with E-state index in [1.54, 1.807) is 0 Å². The van der Waals surface area contributed by atoms with Gasteiger partial charge in [0.15, 0.2) is 0 Å². The van der Waals surface area contributed by atoms with Gasteiger partial charge in [-0.25, -0.2) is 9.78 Å². The first-order valence-electron chi connectivity index (χ1n) is 12.5. The van der Waals surface area contributed by atoms with Gasteiger partial charge in [0, 0.05) is 31.4 Å². The molecule has 0 bridgehead atoms. The lowest BCUT2D eigenvalue weighted by atomic mass is 10.1. The van der Waals surface area contributed by atoms with Gasteiger partial charge in [0.25, 0.3) is 0 Å². The fourth-order valence-corrected chi connectivity index (χ4v) is 4.82. The molecule has 0 unspecified atom stereocenters. The van der Waals surface area contributed by atoms with Gasteiger partial charge in [-0.15, -0.1) is 0 Å². The van der Waals surface area contributed by atoms with Crippen molar-refractivity contribution in [2.75, 3.05) is 19.7 Å². The highest BCUT2D eigenvalue weighted by Gasteiger charge is 2.42. The maximum Gasteiger partial charge on any atom is 0.326 e. The SMILES string of the molecule is N[C@@H](CO)C(=O)N1CCC[C@H]1C(=O)N[C@@H](CC(=O)O)C(=O)N1CCC[C@H]1C(=O)N[C@@H](Cc1cnc[nH]1)C(=O)O. The zero-order valence-corrected chi connectivity index (χ0v) is 21.1. The summed E-state index contributed by atoms with van der Waals surface area (Å²) in [5.41, 5.74) is 6.08. The maximum atomic E-state index is 13.4. The molecule has 4 amide bonds. The summed E-state index contributed by atoms with van der Waals surface area (Å²) >= 11 is 0. The minimum atomic E-state index is -1.53. The fraction of sp³-hybridized carbons (Fsp3) is 0.609. The molecule has 0 saturated carbocycles. The number of carboxylic acid groups (broad SMARTS) is 2. The molecular formula is C23H33N7O9. The first-order chi connectivity index (χ1) is 18.5. The van der Waals surface area contributed by atoms with E-state index in [1.165, 1.54) is 17.4 Å². The zero-order valence-electron chi connectivity index (χ0n) is 21.1. The van der Waals surface area contributed by atoms with Crippen molar-refractivity contribution in [2.45, 2.75) is 68.7 Å². The number of aromatic nitrogens is 2.